The standard InChI is InChI=1S/C25H32N2O5S/c1-17-14-18(2)24(19(3)15-17)33(30,31)27-13-9-12-22(27)25(29)32-16-23(28)26(5)20(4)21-10-7-6-8-11-21/h6-8,10-11,14-15,20,22H,9,12-13,16H2,1-5H3. The Hall–Kier alpha value is -2.71. The fourth-order valence-corrected chi connectivity index (χ4v) is 6.52. The van der Waals surface area contributed by atoms with E-state index in [1.54, 1.807) is 20.9 Å². The van der Waals surface area contributed by atoms with Crippen LogP contribution >= 0.6 is 0 Å². The van der Waals surface area contributed by atoms with Gasteiger partial charge in [-0.2, -0.15) is 4.31 Å². The third kappa shape index (κ3) is 5.28. The SMILES string of the molecule is Cc1cc(C)c(S(=O)(=O)N2CCCC2C(=O)OCC(=O)N(C)C(C)c2ccccc2)c(C)c1. The molecule has 2 aromatic rings. The minimum atomic E-state index is -3.88. The number of sulfonamides is 1. The molecule has 0 aromatic heterocycles. The first-order chi connectivity index (χ1) is 15.5. The van der Waals surface area contributed by atoms with Crippen LogP contribution in [-0.2, 0) is 24.3 Å². The first kappa shape index (κ1) is 24.9. The van der Waals surface area contributed by atoms with Crippen molar-refractivity contribution in [3.63, 3.8) is 0 Å². The van der Waals surface area contributed by atoms with Crippen molar-refractivity contribution in [2.75, 3.05) is 20.2 Å². The Balaban J connectivity index is 1.69. The molecule has 0 aliphatic carbocycles. The Kier molecular flexibility index (Phi) is 7.59. The lowest BCUT2D eigenvalue weighted by atomic mass is 10.1. The van der Waals surface area contributed by atoms with Crippen molar-refractivity contribution in [2.45, 2.75) is 57.5 Å². The maximum atomic E-state index is 13.4. The number of rotatable bonds is 7. The molecule has 2 atom stereocenters. The summed E-state index contributed by atoms with van der Waals surface area (Å²) in [6.07, 6.45) is 0.925. The van der Waals surface area contributed by atoms with E-state index in [1.807, 2.05) is 56.3 Å². The summed E-state index contributed by atoms with van der Waals surface area (Å²) in [5, 5.41) is 0. The molecule has 1 aliphatic rings. The minimum Gasteiger partial charge on any atom is -0.454 e. The van der Waals surface area contributed by atoms with Gasteiger partial charge in [0, 0.05) is 13.6 Å². The molecular formula is C25H32N2O5S. The predicted octanol–water partition coefficient (Wildman–Crippen LogP) is 3.53. The minimum absolute atomic E-state index is 0.187. The normalized spacial score (nSPS) is 17.5. The average Bonchev–Trinajstić information content (AvgIpc) is 3.27. The molecule has 2 unspecified atom stereocenters. The molecule has 7 nitrogen and oxygen atoms in total. The van der Waals surface area contributed by atoms with Gasteiger partial charge in [0.05, 0.1) is 10.9 Å². The predicted molar refractivity (Wildman–Crippen MR) is 126 cm³/mol. The molecule has 0 saturated carbocycles. The van der Waals surface area contributed by atoms with E-state index in [0.717, 1.165) is 11.1 Å². The zero-order chi connectivity index (χ0) is 24.3. The van der Waals surface area contributed by atoms with Crippen LogP contribution in [0.1, 0.15) is 48.1 Å². The summed E-state index contributed by atoms with van der Waals surface area (Å²) in [6, 6.07) is 12.1. The molecule has 1 aliphatic heterocycles. The summed E-state index contributed by atoms with van der Waals surface area (Å²) in [5.41, 5.74) is 3.25. The number of carbonyl (C=O) groups is 2. The molecule has 0 spiro atoms. The highest BCUT2D eigenvalue weighted by molar-refractivity contribution is 7.89. The van der Waals surface area contributed by atoms with E-state index in [9.17, 15) is 18.0 Å². The van der Waals surface area contributed by atoms with Crippen molar-refractivity contribution >= 4 is 21.9 Å². The molecule has 2 aromatic carbocycles. The van der Waals surface area contributed by atoms with Gasteiger partial charge in [-0.1, -0.05) is 48.0 Å². The van der Waals surface area contributed by atoms with Crippen LogP contribution in [0.25, 0.3) is 0 Å². The summed E-state index contributed by atoms with van der Waals surface area (Å²) in [6.45, 7) is 7.15. The van der Waals surface area contributed by atoms with Gasteiger partial charge in [0.1, 0.15) is 6.04 Å². The molecule has 1 heterocycles. The van der Waals surface area contributed by atoms with Gasteiger partial charge >= 0.3 is 5.97 Å². The summed E-state index contributed by atoms with van der Waals surface area (Å²) in [4.78, 5) is 27.2. The average molecular weight is 473 g/mol. The van der Waals surface area contributed by atoms with Gasteiger partial charge in [-0.3, -0.25) is 9.59 Å². The monoisotopic (exact) mass is 472 g/mol. The third-order valence-electron chi connectivity index (χ3n) is 6.24. The summed E-state index contributed by atoms with van der Waals surface area (Å²) >= 11 is 0. The Labute approximate surface area is 196 Å². The van der Waals surface area contributed by atoms with Gasteiger partial charge in [-0.15, -0.1) is 0 Å². The molecule has 0 bridgehead atoms. The number of aryl methyl sites for hydroxylation is 3. The second kappa shape index (κ2) is 10.1. The Morgan fingerprint density at radius 2 is 1.73 bits per heavy atom. The number of amides is 1. The number of hydrogen-bond donors (Lipinski definition) is 0. The second-order valence-corrected chi connectivity index (χ2v) is 10.5. The van der Waals surface area contributed by atoms with Crippen LogP contribution in [0.4, 0.5) is 0 Å². The molecule has 178 valence electrons. The van der Waals surface area contributed by atoms with E-state index in [2.05, 4.69) is 0 Å². The van der Waals surface area contributed by atoms with E-state index in [0.29, 0.717) is 24.0 Å². The van der Waals surface area contributed by atoms with E-state index < -0.39 is 28.6 Å². The van der Waals surface area contributed by atoms with Gasteiger partial charge in [0.2, 0.25) is 10.0 Å². The molecule has 1 saturated heterocycles. The fraction of sp³-hybridized carbons (Fsp3) is 0.440. The Morgan fingerprint density at radius 1 is 1.12 bits per heavy atom. The van der Waals surface area contributed by atoms with Crippen molar-refractivity contribution < 1.29 is 22.7 Å². The van der Waals surface area contributed by atoms with Crippen LogP contribution in [0.3, 0.4) is 0 Å². The van der Waals surface area contributed by atoms with Gasteiger partial charge in [-0.25, -0.2) is 8.42 Å². The lowest BCUT2D eigenvalue weighted by Gasteiger charge is -2.27. The van der Waals surface area contributed by atoms with Crippen molar-refractivity contribution in [2.24, 2.45) is 0 Å². The van der Waals surface area contributed by atoms with Gasteiger partial charge in [-0.05, 0) is 57.2 Å². The quantitative estimate of drug-likeness (QED) is 0.576. The number of esters is 1. The maximum Gasteiger partial charge on any atom is 0.324 e. The summed E-state index contributed by atoms with van der Waals surface area (Å²) in [5.74, 6) is -1.04. The van der Waals surface area contributed by atoms with Crippen LogP contribution in [0.5, 0.6) is 0 Å². The van der Waals surface area contributed by atoms with E-state index in [-0.39, 0.29) is 23.4 Å². The van der Waals surface area contributed by atoms with Crippen LogP contribution in [0.15, 0.2) is 47.4 Å². The number of likely N-dealkylation sites (N-methyl/N-ethyl adjacent to an activating group) is 1. The largest absolute Gasteiger partial charge is 0.454 e. The molecule has 1 fully saturated rings. The molecule has 33 heavy (non-hydrogen) atoms. The van der Waals surface area contributed by atoms with Crippen molar-refractivity contribution in [1.29, 1.82) is 0 Å². The molecular weight excluding hydrogens is 440 g/mol. The summed E-state index contributed by atoms with van der Waals surface area (Å²) in [7, 11) is -2.22. The number of benzene rings is 2. The molecule has 0 N–H and O–H groups in total. The van der Waals surface area contributed by atoms with Crippen LogP contribution < -0.4 is 0 Å². The van der Waals surface area contributed by atoms with Crippen LogP contribution in [0.2, 0.25) is 0 Å². The zero-order valence-electron chi connectivity index (χ0n) is 19.9. The third-order valence-corrected chi connectivity index (χ3v) is 8.46. The van der Waals surface area contributed by atoms with Gasteiger partial charge in [0.25, 0.3) is 5.91 Å². The lowest BCUT2D eigenvalue weighted by molar-refractivity contribution is -0.155. The first-order valence-corrected chi connectivity index (χ1v) is 12.5. The first-order valence-electron chi connectivity index (χ1n) is 11.1. The highest BCUT2D eigenvalue weighted by Gasteiger charge is 2.41. The van der Waals surface area contributed by atoms with Crippen LogP contribution in [0, 0.1) is 20.8 Å². The fourth-order valence-electron chi connectivity index (χ4n) is 4.46. The van der Waals surface area contributed by atoms with E-state index in [1.165, 1.54) is 9.21 Å². The van der Waals surface area contributed by atoms with Gasteiger partial charge in [0.15, 0.2) is 6.61 Å². The second-order valence-electron chi connectivity index (χ2n) is 8.70. The molecule has 3 rings (SSSR count). The van der Waals surface area contributed by atoms with E-state index >= 15 is 0 Å². The molecule has 1 amide bonds. The van der Waals surface area contributed by atoms with Crippen molar-refractivity contribution in [3.8, 4) is 0 Å². The smallest absolute Gasteiger partial charge is 0.324 e. The highest BCUT2D eigenvalue weighted by Crippen LogP contribution is 2.31. The van der Waals surface area contributed by atoms with Crippen LogP contribution in [-0.4, -0.2) is 55.7 Å². The Bertz CT molecular complexity index is 1110. The zero-order valence-corrected chi connectivity index (χ0v) is 20.7. The topological polar surface area (TPSA) is 84.0 Å². The number of carbonyl (C=O) groups excluding carboxylic acids is 2. The van der Waals surface area contributed by atoms with Crippen molar-refractivity contribution in [3.05, 3.63) is 64.7 Å². The number of hydrogen-bond acceptors (Lipinski definition) is 5. The lowest BCUT2D eigenvalue weighted by Crippen LogP contribution is -2.43. The van der Waals surface area contributed by atoms with Gasteiger partial charge < -0.3 is 9.64 Å². The maximum absolute atomic E-state index is 13.4. The molecule has 8 heteroatoms. The van der Waals surface area contributed by atoms with E-state index in [4.69, 9.17) is 4.74 Å². The Morgan fingerprint density at radius 3 is 2.33 bits per heavy atom. The highest BCUT2D eigenvalue weighted by atomic mass is 32.2. The number of ether oxygens (including phenoxy) is 1. The van der Waals surface area contributed by atoms with Crippen molar-refractivity contribution in [1.82, 2.24) is 9.21 Å². The summed E-state index contributed by atoms with van der Waals surface area (Å²) < 4.78 is 33.4. The number of nitrogens with zero attached hydrogens (tertiary/aromatic N) is 2. The molecule has 0 radical (unpaired) electrons.